The number of hydrogen-bond donors (Lipinski definition) is 0. The van der Waals surface area contributed by atoms with Crippen molar-refractivity contribution < 1.29 is 48.4 Å². The van der Waals surface area contributed by atoms with Crippen LogP contribution in [0.5, 0.6) is 11.5 Å². The van der Waals surface area contributed by atoms with E-state index in [-0.39, 0.29) is 32.1 Å². The lowest BCUT2D eigenvalue weighted by Crippen LogP contribution is -3.61. The molecule has 6 nitrogen and oxygen atoms in total. The predicted molar refractivity (Wildman–Crippen MR) is 107 cm³/mol. The maximum absolute atomic E-state index is 10.9. The van der Waals surface area contributed by atoms with Gasteiger partial charge in [0.15, 0.2) is 7.14 Å². The molecular weight excluding hydrogens is 519 g/mol. The third-order valence-electron chi connectivity index (χ3n) is 3.63. The molecule has 0 saturated heterocycles. The van der Waals surface area contributed by atoms with Gasteiger partial charge in [-0.2, -0.15) is 0 Å². The van der Waals surface area contributed by atoms with Crippen molar-refractivity contribution in [2.24, 2.45) is 0 Å². The summed E-state index contributed by atoms with van der Waals surface area (Å²) in [6, 6.07) is 21.6. The first-order valence-electron chi connectivity index (χ1n) is 8.77. The lowest BCUT2D eigenvalue weighted by Gasteiger charge is -2.05. The summed E-state index contributed by atoms with van der Waals surface area (Å²) in [4.78, 5) is 10.7. The summed E-state index contributed by atoms with van der Waals surface area (Å²) in [5.41, 5.74) is 0.928. The summed E-state index contributed by atoms with van der Waals surface area (Å²) in [6.45, 7) is 3.23. The molecule has 0 bridgehead atoms. The smallest absolute Gasteiger partial charge is 0.358 e. The molecule has 30 heavy (non-hydrogen) atoms. The lowest BCUT2D eigenvalue weighted by atomic mass is 10.2. The molecule has 0 spiro atoms. The van der Waals surface area contributed by atoms with E-state index in [2.05, 4.69) is 18.2 Å². The number of aryl methyl sites for hydroxylation is 1. The summed E-state index contributed by atoms with van der Waals surface area (Å²) >= 11 is -0.279. The second kappa shape index (κ2) is 11.1. The fraction of sp³-hybridized carbons (Fsp3) is 0.136. The SMILES string of the molecule is COc1ccc([I+]c2cccc(OC(C)=O)c2)cc1.Cc1ccc(S(=O)(=O)[O-])cc1. The second-order valence-electron chi connectivity index (χ2n) is 6.07. The molecule has 0 N–H and O–H groups in total. The maximum Gasteiger partial charge on any atom is 0.358 e. The Hall–Kier alpha value is -2.43. The van der Waals surface area contributed by atoms with Gasteiger partial charge in [0.05, 0.1) is 12.0 Å². The van der Waals surface area contributed by atoms with Gasteiger partial charge in [-0.05, 0) is 55.5 Å². The summed E-state index contributed by atoms with van der Waals surface area (Å²) in [5, 5.41) is 0. The van der Waals surface area contributed by atoms with Gasteiger partial charge >= 0.3 is 27.2 Å². The Balaban J connectivity index is 0.000000248. The molecule has 0 unspecified atom stereocenters. The molecule has 0 aliphatic heterocycles. The van der Waals surface area contributed by atoms with Gasteiger partial charge in [0.25, 0.3) is 0 Å². The zero-order chi connectivity index (χ0) is 22.1. The Kier molecular flexibility index (Phi) is 8.82. The number of rotatable bonds is 5. The number of methoxy groups -OCH3 is 1. The van der Waals surface area contributed by atoms with Gasteiger partial charge in [0.2, 0.25) is 0 Å². The van der Waals surface area contributed by atoms with E-state index in [1.165, 1.54) is 26.2 Å². The average molecular weight is 540 g/mol. The summed E-state index contributed by atoms with van der Waals surface area (Å²) in [6.07, 6.45) is 0. The van der Waals surface area contributed by atoms with Crippen molar-refractivity contribution in [2.75, 3.05) is 7.11 Å². The third kappa shape index (κ3) is 8.13. The van der Waals surface area contributed by atoms with Crippen LogP contribution in [0.25, 0.3) is 0 Å². The average Bonchev–Trinajstić information content (AvgIpc) is 2.68. The molecule has 0 radical (unpaired) electrons. The van der Waals surface area contributed by atoms with Crippen LogP contribution in [0, 0.1) is 14.1 Å². The van der Waals surface area contributed by atoms with Crippen LogP contribution < -0.4 is 30.7 Å². The highest BCUT2D eigenvalue weighted by molar-refractivity contribution is 7.85. The Morgan fingerprint density at radius 2 is 1.53 bits per heavy atom. The van der Waals surface area contributed by atoms with Crippen molar-refractivity contribution >= 4 is 16.1 Å². The summed E-state index contributed by atoms with van der Waals surface area (Å²) < 4.78 is 43.9. The number of carbonyl (C=O) groups is 1. The molecule has 0 saturated carbocycles. The van der Waals surface area contributed by atoms with E-state index in [1.807, 2.05) is 31.2 Å². The normalized spacial score (nSPS) is 10.5. The Morgan fingerprint density at radius 3 is 2.07 bits per heavy atom. The van der Waals surface area contributed by atoms with E-state index >= 15 is 0 Å². The van der Waals surface area contributed by atoms with E-state index in [4.69, 9.17) is 9.47 Å². The van der Waals surface area contributed by atoms with E-state index in [0.29, 0.717) is 5.75 Å². The second-order valence-corrected chi connectivity index (χ2v) is 10.5. The van der Waals surface area contributed by atoms with Crippen LogP contribution in [0.15, 0.2) is 77.7 Å². The quantitative estimate of drug-likeness (QED) is 0.204. The Labute approximate surface area is 186 Å². The fourth-order valence-electron chi connectivity index (χ4n) is 2.22. The van der Waals surface area contributed by atoms with Crippen molar-refractivity contribution in [2.45, 2.75) is 18.7 Å². The van der Waals surface area contributed by atoms with Crippen LogP contribution in [-0.4, -0.2) is 26.0 Å². The highest BCUT2D eigenvalue weighted by Gasteiger charge is 2.16. The van der Waals surface area contributed by atoms with E-state index in [0.717, 1.165) is 11.3 Å². The Morgan fingerprint density at radius 1 is 0.900 bits per heavy atom. The van der Waals surface area contributed by atoms with Crippen LogP contribution in [-0.2, 0) is 14.9 Å². The number of ether oxygens (including phenoxy) is 2. The number of esters is 1. The topological polar surface area (TPSA) is 92.7 Å². The number of carbonyl (C=O) groups excluding carboxylic acids is 1. The van der Waals surface area contributed by atoms with Gasteiger partial charge < -0.3 is 14.0 Å². The van der Waals surface area contributed by atoms with Crippen molar-refractivity contribution in [3.63, 3.8) is 0 Å². The molecular formula is C22H21IO6S. The minimum atomic E-state index is -4.27. The van der Waals surface area contributed by atoms with E-state index in [9.17, 15) is 17.8 Å². The number of halogens is 1. The summed E-state index contributed by atoms with van der Waals surface area (Å²) in [7, 11) is -2.61. The van der Waals surface area contributed by atoms with Gasteiger partial charge in [-0.1, -0.05) is 23.8 Å². The highest BCUT2D eigenvalue weighted by atomic mass is 127. The van der Waals surface area contributed by atoms with Crippen LogP contribution in [0.3, 0.4) is 0 Å². The molecule has 0 aromatic heterocycles. The molecule has 0 aliphatic carbocycles. The lowest BCUT2D eigenvalue weighted by molar-refractivity contribution is -0.597. The first-order chi connectivity index (χ1) is 14.2. The molecule has 158 valence electrons. The third-order valence-corrected chi connectivity index (χ3v) is 7.12. The van der Waals surface area contributed by atoms with Crippen LogP contribution >= 0.6 is 0 Å². The van der Waals surface area contributed by atoms with Crippen LogP contribution in [0.4, 0.5) is 0 Å². The number of benzene rings is 3. The highest BCUT2D eigenvalue weighted by Crippen LogP contribution is 2.10. The van der Waals surface area contributed by atoms with Crippen molar-refractivity contribution in [1.29, 1.82) is 0 Å². The zero-order valence-electron chi connectivity index (χ0n) is 16.7. The van der Waals surface area contributed by atoms with Crippen LogP contribution in [0.1, 0.15) is 12.5 Å². The van der Waals surface area contributed by atoms with Gasteiger partial charge in [-0.3, -0.25) is 4.79 Å². The first-order valence-corrected chi connectivity index (χ1v) is 12.3. The van der Waals surface area contributed by atoms with Crippen LogP contribution in [0.2, 0.25) is 0 Å². The largest absolute Gasteiger partial charge is 0.744 e. The molecule has 3 rings (SSSR count). The monoisotopic (exact) mass is 540 g/mol. The molecule has 0 atom stereocenters. The Bertz CT molecular complexity index is 1080. The predicted octanol–water partition coefficient (Wildman–Crippen LogP) is 0.648. The van der Waals surface area contributed by atoms with Gasteiger partial charge in [-0.15, -0.1) is 0 Å². The van der Waals surface area contributed by atoms with Gasteiger partial charge in [0, 0.05) is 13.0 Å². The number of hydrogen-bond acceptors (Lipinski definition) is 6. The molecule has 3 aromatic carbocycles. The molecule has 0 heterocycles. The van der Waals surface area contributed by atoms with Crippen molar-refractivity contribution in [3.8, 4) is 11.5 Å². The maximum atomic E-state index is 10.9. The minimum absolute atomic E-state index is 0.178. The fourth-order valence-corrected chi connectivity index (χ4v) is 4.98. The standard InChI is InChI=1S/C15H14IO3.C7H8O3S/c1-11(17)19-15-5-3-4-13(10-15)16-12-6-8-14(18-2)9-7-12;1-6-2-4-7(5-3-6)11(8,9)10/h3-10H,1-2H3;2-5H,1H3,(H,8,9,10)/q+1;/p-1. The molecule has 8 heteroatoms. The summed E-state index contributed by atoms with van der Waals surface area (Å²) in [5.74, 6) is 1.18. The van der Waals surface area contributed by atoms with Crippen molar-refractivity contribution in [3.05, 3.63) is 85.5 Å². The molecule has 0 aliphatic rings. The van der Waals surface area contributed by atoms with E-state index in [1.54, 1.807) is 25.3 Å². The molecule has 0 fully saturated rings. The molecule has 3 aromatic rings. The molecule has 0 amide bonds. The van der Waals surface area contributed by atoms with E-state index < -0.39 is 10.1 Å². The minimum Gasteiger partial charge on any atom is -0.744 e. The van der Waals surface area contributed by atoms with Crippen molar-refractivity contribution in [1.82, 2.24) is 0 Å². The first kappa shape index (κ1) is 23.8. The van der Waals surface area contributed by atoms with Gasteiger partial charge in [0.1, 0.15) is 21.6 Å². The zero-order valence-corrected chi connectivity index (χ0v) is 19.6. The van der Waals surface area contributed by atoms with Gasteiger partial charge in [-0.25, -0.2) is 8.42 Å².